The molecule has 0 fully saturated rings. The molecule has 1 rings (SSSR count). The highest BCUT2D eigenvalue weighted by molar-refractivity contribution is 6.93. The largest absolute Gasteiger partial charge is 0.497 e. The first kappa shape index (κ1) is 13.4. The normalized spacial score (nSPS) is 11.1. The van der Waals surface area contributed by atoms with Gasteiger partial charge in [0.1, 0.15) is 5.75 Å². The summed E-state index contributed by atoms with van der Waals surface area (Å²) in [6, 6.07) is 4.76. The molecule has 0 N–H and O–H groups in total. The molecule has 5 heteroatoms. The minimum absolute atomic E-state index is 0.0956. The molecule has 0 saturated heterocycles. The van der Waals surface area contributed by atoms with E-state index in [1.807, 2.05) is 0 Å². The molecule has 0 radical (unpaired) electrons. The van der Waals surface area contributed by atoms with Crippen molar-refractivity contribution in [3.05, 3.63) is 40.5 Å². The summed E-state index contributed by atoms with van der Waals surface area (Å²) < 4.78 is 5.10. The van der Waals surface area contributed by atoms with E-state index in [1.165, 1.54) is 6.07 Å². The predicted octanol–water partition coefficient (Wildman–Crippen LogP) is 3.49. The van der Waals surface area contributed by atoms with Crippen LogP contribution in [0.15, 0.2) is 24.8 Å². The summed E-state index contributed by atoms with van der Waals surface area (Å²) in [4.78, 5) is 10.6. The molecule has 0 spiro atoms. The summed E-state index contributed by atoms with van der Waals surface area (Å²) >= 11 is 0. The second-order valence-electron chi connectivity index (χ2n) is 4.87. The number of nitrogens with zero attached hydrogens (tertiary/aromatic N) is 1. The van der Waals surface area contributed by atoms with E-state index in [0.29, 0.717) is 11.3 Å². The Morgan fingerprint density at radius 2 is 2.00 bits per heavy atom. The topological polar surface area (TPSA) is 52.4 Å². The van der Waals surface area contributed by atoms with E-state index in [4.69, 9.17) is 4.74 Å². The number of ether oxygens (including phenoxy) is 1. The van der Waals surface area contributed by atoms with Crippen molar-refractivity contribution in [2.45, 2.75) is 19.6 Å². The molecule has 1 aromatic carbocycles. The third-order valence-electron chi connectivity index (χ3n) is 2.63. The van der Waals surface area contributed by atoms with Crippen LogP contribution in [-0.2, 0) is 0 Å². The molecule has 0 aliphatic carbocycles. The highest BCUT2D eigenvalue weighted by atomic mass is 28.3. The number of hydrogen-bond acceptors (Lipinski definition) is 3. The van der Waals surface area contributed by atoms with Crippen molar-refractivity contribution in [1.82, 2.24) is 0 Å². The Kier molecular flexibility index (Phi) is 3.72. The highest BCUT2D eigenvalue weighted by Crippen LogP contribution is 2.33. The van der Waals surface area contributed by atoms with Crippen LogP contribution in [0.2, 0.25) is 19.6 Å². The van der Waals surface area contributed by atoms with Crippen molar-refractivity contribution < 1.29 is 9.66 Å². The summed E-state index contributed by atoms with van der Waals surface area (Å²) in [6.07, 6.45) is 0. The van der Waals surface area contributed by atoms with Crippen LogP contribution < -0.4 is 4.74 Å². The van der Waals surface area contributed by atoms with Crippen LogP contribution in [0.5, 0.6) is 5.75 Å². The minimum atomic E-state index is -1.67. The average molecular weight is 251 g/mol. The lowest BCUT2D eigenvalue weighted by atomic mass is 10.1. The van der Waals surface area contributed by atoms with Crippen molar-refractivity contribution in [3.8, 4) is 5.75 Å². The number of rotatable bonds is 4. The van der Waals surface area contributed by atoms with Gasteiger partial charge in [-0.3, -0.25) is 10.1 Å². The molecule has 0 amide bonds. The zero-order chi connectivity index (χ0) is 13.2. The molecule has 0 aromatic heterocycles. The van der Waals surface area contributed by atoms with Crippen molar-refractivity contribution in [2.24, 2.45) is 0 Å². The lowest BCUT2D eigenvalue weighted by Crippen LogP contribution is -2.22. The molecule has 0 atom stereocenters. The number of benzene rings is 1. The van der Waals surface area contributed by atoms with Gasteiger partial charge in [-0.05, 0) is 12.1 Å². The van der Waals surface area contributed by atoms with Gasteiger partial charge in [-0.25, -0.2) is 0 Å². The van der Waals surface area contributed by atoms with Crippen molar-refractivity contribution >= 4 is 19.0 Å². The Labute approximate surface area is 102 Å². The summed E-state index contributed by atoms with van der Waals surface area (Å²) in [5, 5.41) is 11.9. The molecule has 0 aliphatic rings. The van der Waals surface area contributed by atoms with Crippen LogP contribution >= 0.6 is 0 Å². The summed E-state index contributed by atoms with van der Waals surface area (Å²) in [7, 11) is -0.125. The van der Waals surface area contributed by atoms with Gasteiger partial charge < -0.3 is 4.74 Å². The third kappa shape index (κ3) is 2.94. The van der Waals surface area contributed by atoms with E-state index in [-0.39, 0.29) is 10.6 Å². The lowest BCUT2D eigenvalue weighted by molar-refractivity contribution is -0.385. The first-order valence-corrected chi connectivity index (χ1v) is 8.79. The van der Waals surface area contributed by atoms with E-state index in [2.05, 4.69) is 26.2 Å². The fourth-order valence-corrected chi connectivity index (χ4v) is 2.46. The summed E-state index contributed by atoms with van der Waals surface area (Å²) in [5.74, 6) is 0.616. The molecule has 0 saturated carbocycles. The van der Waals surface area contributed by atoms with Crippen molar-refractivity contribution in [2.75, 3.05) is 7.11 Å². The lowest BCUT2D eigenvalue weighted by Gasteiger charge is -2.20. The molecule has 0 aliphatic heterocycles. The molecular formula is C12H17NO3Si. The van der Waals surface area contributed by atoms with E-state index in [1.54, 1.807) is 19.2 Å². The van der Waals surface area contributed by atoms with Gasteiger partial charge in [0.15, 0.2) is 0 Å². The number of nitro benzene ring substituents is 1. The zero-order valence-electron chi connectivity index (χ0n) is 10.6. The van der Waals surface area contributed by atoms with Gasteiger partial charge in [0.25, 0.3) is 5.69 Å². The Morgan fingerprint density at radius 1 is 1.41 bits per heavy atom. The van der Waals surface area contributed by atoms with Crippen LogP contribution in [-0.4, -0.2) is 20.1 Å². The molecule has 1 aromatic rings. The molecule has 0 bridgehead atoms. The highest BCUT2D eigenvalue weighted by Gasteiger charge is 2.25. The van der Waals surface area contributed by atoms with Crippen LogP contribution in [0.4, 0.5) is 5.69 Å². The standard InChI is InChI=1S/C12H17NO3Si/c1-9(17(3,4)5)11-8-10(16-2)6-7-12(11)13(14)15/h6-8H,1H2,2-5H3. The van der Waals surface area contributed by atoms with Gasteiger partial charge in [-0.15, -0.1) is 0 Å². The van der Waals surface area contributed by atoms with Crippen LogP contribution in [0, 0.1) is 10.1 Å². The maximum absolute atomic E-state index is 11.0. The van der Waals surface area contributed by atoms with Gasteiger partial charge in [0.05, 0.1) is 25.7 Å². The maximum Gasteiger partial charge on any atom is 0.276 e. The smallest absolute Gasteiger partial charge is 0.276 e. The summed E-state index contributed by atoms with van der Waals surface area (Å²) in [5.41, 5.74) is 0.687. The van der Waals surface area contributed by atoms with Gasteiger partial charge in [0.2, 0.25) is 0 Å². The molecule has 92 valence electrons. The van der Waals surface area contributed by atoms with Crippen LogP contribution in [0.1, 0.15) is 5.56 Å². The Bertz CT molecular complexity index is 463. The number of hydrogen-bond donors (Lipinski definition) is 0. The monoisotopic (exact) mass is 251 g/mol. The van der Waals surface area contributed by atoms with Gasteiger partial charge in [-0.2, -0.15) is 0 Å². The Hall–Kier alpha value is -1.62. The fraction of sp³-hybridized carbons (Fsp3) is 0.333. The molecule has 0 unspecified atom stereocenters. The molecule has 17 heavy (non-hydrogen) atoms. The third-order valence-corrected chi connectivity index (χ3v) is 4.71. The van der Waals surface area contributed by atoms with Gasteiger partial charge in [-0.1, -0.05) is 31.4 Å². The SMILES string of the molecule is C=C(c1cc(OC)ccc1[N+](=O)[O-])[Si](C)(C)C. The first-order valence-electron chi connectivity index (χ1n) is 5.29. The fourth-order valence-electron chi connectivity index (χ4n) is 1.45. The van der Waals surface area contributed by atoms with E-state index < -0.39 is 8.07 Å². The Balaban J connectivity index is 3.37. The average Bonchev–Trinajstić information content (AvgIpc) is 2.25. The second-order valence-corrected chi connectivity index (χ2v) is 9.97. The number of methoxy groups -OCH3 is 1. The summed E-state index contributed by atoms with van der Waals surface area (Å²) in [6.45, 7) is 10.3. The predicted molar refractivity (Wildman–Crippen MR) is 72.0 cm³/mol. The molecule has 0 heterocycles. The Morgan fingerprint density at radius 3 is 2.41 bits per heavy atom. The zero-order valence-corrected chi connectivity index (χ0v) is 11.6. The second kappa shape index (κ2) is 4.71. The van der Waals surface area contributed by atoms with Crippen LogP contribution in [0.3, 0.4) is 0 Å². The molecular weight excluding hydrogens is 234 g/mol. The van der Waals surface area contributed by atoms with Gasteiger partial charge >= 0.3 is 0 Å². The van der Waals surface area contributed by atoms with E-state index in [9.17, 15) is 10.1 Å². The maximum atomic E-state index is 11.0. The van der Waals surface area contributed by atoms with E-state index in [0.717, 1.165) is 5.20 Å². The van der Waals surface area contributed by atoms with E-state index >= 15 is 0 Å². The first-order chi connectivity index (χ1) is 7.77. The van der Waals surface area contributed by atoms with Crippen molar-refractivity contribution in [3.63, 3.8) is 0 Å². The van der Waals surface area contributed by atoms with Crippen LogP contribution in [0.25, 0.3) is 5.20 Å². The molecule has 4 nitrogen and oxygen atoms in total. The quantitative estimate of drug-likeness (QED) is 0.467. The minimum Gasteiger partial charge on any atom is -0.497 e. The van der Waals surface area contributed by atoms with Crippen molar-refractivity contribution in [1.29, 1.82) is 0 Å². The van der Waals surface area contributed by atoms with Gasteiger partial charge in [0, 0.05) is 6.07 Å². The number of nitro groups is 1.